The first-order chi connectivity index (χ1) is 12.7. The first-order valence-corrected chi connectivity index (χ1v) is 10.3. The van der Waals surface area contributed by atoms with Gasteiger partial charge in [-0.05, 0) is 31.9 Å². The first-order valence-electron chi connectivity index (χ1n) is 9.16. The molecule has 2 saturated heterocycles. The van der Waals surface area contributed by atoms with Crippen LogP contribution in [0.4, 0.5) is 0 Å². The Morgan fingerprint density at radius 3 is 2.63 bits per heavy atom. The van der Waals surface area contributed by atoms with Crippen molar-refractivity contribution in [1.82, 2.24) is 0 Å². The maximum Gasteiger partial charge on any atom is 0.190 e. The third-order valence-corrected chi connectivity index (χ3v) is 6.14. The highest BCUT2D eigenvalue weighted by molar-refractivity contribution is 6.48. The lowest BCUT2D eigenvalue weighted by atomic mass is 10.0. The van der Waals surface area contributed by atoms with Crippen LogP contribution >= 0.6 is 34.8 Å². The quantitative estimate of drug-likeness (QED) is 0.609. The van der Waals surface area contributed by atoms with E-state index in [0.717, 1.165) is 12.8 Å². The molecule has 2 aliphatic rings. The van der Waals surface area contributed by atoms with Crippen LogP contribution in [0, 0.1) is 0 Å². The fourth-order valence-electron chi connectivity index (χ4n) is 3.44. The van der Waals surface area contributed by atoms with Crippen LogP contribution in [-0.2, 0) is 25.6 Å². The molecular weight excluding hydrogens is 415 g/mol. The van der Waals surface area contributed by atoms with Crippen LogP contribution < -0.4 is 0 Å². The third-order valence-electron chi connectivity index (χ3n) is 4.81. The van der Waals surface area contributed by atoms with Crippen molar-refractivity contribution in [1.29, 1.82) is 0 Å². The molecule has 0 aromatic heterocycles. The van der Waals surface area contributed by atoms with E-state index in [1.807, 2.05) is 13.8 Å². The Morgan fingerprint density at radius 1 is 1.19 bits per heavy atom. The highest BCUT2D eigenvalue weighted by Gasteiger charge is 2.56. The molecule has 1 aromatic rings. The molecular formula is C19H25Cl3O5. The second-order valence-electron chi connectivity index (χ2n) is 7.39. The molecule has 0 bridgehead atoms. The molecule has 2 heterocycles. The zero-order valence-electron chi connectivity index (χ0n) is 15.6. The summed E-state index contributed by atoms with van der Waals surface area (Å²) < 4.78 is 23.8. The molecule has 1 aromatic carbocycles. The molecule has 2 fully saturated rings. The highest BCUT2D eigenvalue weighted by Crippen LogP contribution is 2.41. The minimum absolute atomic E-state index is 0.188. The van der Waals surface area contributed by atoms with E-state index in [-0.39, 0.29) is 6.61 Å². The Hall–Kier alpha value is -0.110. The van der Waals surface area contributed by atoms with Crippen molar-refractivity contribution >= 4 is 34.8 Å². The second-order valence-corrected chi connectivity index (χ2v) is 8.55. The largest absolute Gasteiger partial charge is 0.390 e. The number of ether oxygens (including phenoxy) is 4. The van der Waals surface area contributed by atoms with E-state index in [9.17, 15) is 5.11 Å². The van der Waals surface area contributed by atoms with E-state index in [0.29, 0.717) is 27.1 Å². The Balaban J connectivity index is 1.75. The number of aliphatic hydroxyl groups is 1. The number of fused-ring (bicyclic) bond motifs is 1. The zero-order chi connectivity index (χ0) is 19.8. The van der Waals surface area contributed by atoms with Crippen molar-refractivity contribution < 1.29 is 24.1 Å². The predicted octanol–water partition coefficient (Wildman–Crippen LogP) is 4.96. The van der Waals surface area contributed by atoms with Gasteiger partial charge >= 0.3 is 0 Å². The smallest absolute Gasteiger partial charge is 0.190 e. The summed E-state index contributed by atoms with van der Waals surface area (Å²) in [7, 11) is 0. The molecule has 0 amide bonds. The normalized spacial score (nSPS) is 30.5. The van der Waals surface area contributed by atoms with Crippen molar-refractivity contribution in [3.63, 3.8) is 0 Å². The van der Waals surface area contributed by atoms with Crippen LogP contribution in [0.15, 0.2) is 12.1 Å². The van der Waals surface area contributed by atoms with Gasteiger partial charge < -0.3 is 24.1 Å². The minimum atomic E-state index is -0.766. The standard InChI is InChI=1S/C19H25Cl3O5/c1-4-5-6-12(23)15-16(17-18(25-15)27-19(2,3)26-17)24-9-10-7-8-11(20)14(22)13(10)21/h7-8,12,15-18,23H,4-6,9H2,1-3H3/t12-,15+,16-,17+,18+/m0/s1. The summed E-state index contributed by atoms with van der Waals surface area (Å²) >= 11 is 18.4. The molecule has 0 unspecified atom stereocenters. The molecule has 3 rings (SSSR count). The van der Waals surface area contributed by atoms with Crippen LogP contribution in [0.25, 0.3) is 0 Å². The monoisotopic (exact) mass is 438 g/mol. The van der Waals surface area contributed by atoms with Gasteiger partial charge in [-0.25, -0.2) is 0 Å². The zero-order valence-corrected chi connectivity index (χ0v) is 17.9. The van der Waals surface area contributed by atoms with E-state index in [4.69, 9.17) is 53.8 Å². The average Bonchev–Trinajstić information content (AvgIpc) is 3.09. The van der Waals surface area contributed by atoms with E-state index < -0.39 is 36.5 Å². The number of hydrogen-bond donors (Lipinski definition) is 1. The van der Waals surface area contributed by atoms with Crippen molar-refractivity contribution in [3.8, 4) is 0 Å². The molecule has 8 heteroatoms. The van der Waals surface area contributed by atoms with Gasteiger partial charge in [-0.3, -0.25) is 0 Å². The number of benzene rings is 1. The Kier molecular flexibility index (Phi) is 6.97. The van der Waals surface area contributed by atoms with Gasteiger partial charge in [-0.1, -0.05) is 60.6 Å². The average molecular weight is 440 g/mol. The number of unbranched alkanes of at least 4 members (excludes halogenated alkanes) is 1. The highest BCUT2D eigenvalue weighted by atomic mass is 35.5. The second kappa shape index (κ2) is 8.72. The van der Waals surface area contributed by atoms with Crippen LogP contribution in [0.2, 0.25) is 15.1 Å². The SMILES string of the molecule is CCCC[C@H](O)[C@H]1O[C@@H]2OC(C)(C)O[C@@H]2[C@H]1OCc1ccc(Cl)c(Cl)c1Cl. The maximum absolute atomic E-state index is 10.6. The van der Waals surface area contributed by atoms with Crippen molar-refractivity contribution in [2.24, 2.45) is 0 Å². The van der Waals surface area contributed by atoms with E-state index in [1.165, 1.54) is 0 Å². The third kappa shape index (κ3) is 4.73. The van der Waals surface area contributed by atoms with Gasteiger partial charge in [0, 0.05) is 0 Å². The van der Waals surface area contributed by atoms with Crippen LogP contribution in [-0.4, -0.2) is 41.6 Å². The van der Waals surface area contributed by atoms with E-state index in [2.05, 4.69) is 6.92 Å². The lowest BCUT2D eigenvalue weighted by Gasteiger charge is -2.28. The van der Waals surface area contributed by atoms with Crippen molar-refractivity contribution in [2.45, 2.75) is 83.1 Å². The van der Waals surface area contributed by atoms with Gasteiger partial charge in [0.25, 0.3) is 0 Å². The molecule has 5 nitrogen and oxygen atoms in total. The van der Waals surface area contributed by atoms with Crippen molar-refractivity contribution in [3.05, 3.63) is 32.8 Å². The Morgan fingerprint density at radius 2 is 1.93 bits per heavy atom. The Bertz CT molecular complexity index is 669. The topological polar surface area (TPSA) is 57.2 Å². The summed E-state index contributed by atoms with van der Waals surface area (Å²) in [6.45, 7) is 5.91. The van der Waals surface area contributed by atoms with E-state index >= 15 is 0 Å². The summed E-state index contributed by atoms with van der Waals surface area (Å²) in [5, 5.41) is 11.6. The molecule has 152 valence electrons. The molecule has 2 aliphatic heterocycles. The van der Waals surface area contributed by atoms with Gasteiger partial charge in [0.2, 0.25) is 0 Å². The Labute approximate surface area is 174 Å². The van der Waals surface area contributed by atoms with Crippen LogP contribution in [0.3, 0.4) is 0 Å². The number of aliphatic hydroxyl groups excluding tert-OH is 1. The van der Waals surface area contributed by atoms with Gasteiger partial charge in [0.15, 0.2) is 12.1 Å². The fraction of sp³-hybridized carbons (Fsp3) is 0.684. The molecule has 0 radical (unpaired) electrons. The molecule has 0 spiro atoms. The van der Waals surface area contributed by atoms with E-state index in [1.54, 1.807) is 12.1 Å². The van der Waals surface area contributed by atoms with Gasteiger partial charge in [0.05, 0.1) is 27.8 Å². The predicted molar refractivity (Wildman–Crippen MR) is 104 cm³/mol. The number of halogens is 3. The summed E-state index contributed by atoms with van der Waals surface area (Å²) in [5.74, 6) is -0.766. The minimum Gasteiger partial charge on any atom is -0.390 e. The van der Waals surface area contributed by atoms with Crippen LogP contribution in [0.1, 0.15) is 45.6 Å². The summed E-state index contributed by atoms with van der Waals surface area (Å²) in [6.07, 6.45) is -0.190. The molecule has 0 aliphatic carbocycles. The van der Waals surface area contributed by atoms with Crippen LogP contribution in [0.5, 0.6) is 0 Å². The summed E-state index contributed by atoms with van der Waals surface area (Å²) in [4.78, 5) is 0. The lowest BCUT2D eigenvalue weighted by molar-refractivity contribution is -0.230. The molecule has 0 saturated carbocycles. The fourth-order valence-corrected chi connectivity index (χ4v) is 4.05. The van der Waals surface area contributed by atoms with Crippen molar-refractivity contribution in [2.75, 3.05) is 0 Å². The van der Waals surface area contributed by atoms with Gasteiger partial charge in [-0.15, -0.1) is 0 Å². The lowest BCUT2D eigenvalue weighted by Crippen LogP contribution is -2.42. The number of rotatable bonds is 7. The molecule has 27 heavy (non-hydrogen) atoms. The molecule has 5 atom stereocenters. The van der Waals surface area contributed by atoms with Gasteiger partial charge in [-0.2, -0.15) is 0 Å². The van der Waals surface area contributed by atoms with Gasteiger partial charge in [0.1, 0.15) is 18.3 Å². The summed E-state index contributed by atoms with van der Waals surface area (Å²) in [6, 6.07) is 3.44. The molecule has 1 N–H and O–H groups in total. The first kappa shape index (κ1) is 21.6. The maximum atomic E-state index is 10.6. The number of hydrogen-bond acceptors (Lipinski definition) is 5. The summed E-state index contributed by atoms with van der Waals surface area (Å²) in [5.41, 5.74) is 0.703.